The number of thiazole rings is 1. The van der Waals surface area contributed by atoms with E-state index >= 15 is 0 Å². The number of ether oxygens (including phenoxy) is 1. The lowest BCUT2D eigenvalue weighted by Crippen LogP contribution is -2.22. The molecule has 20 heavy (non-hydrogen) atoms. The summed E-state index contributed by atoms with van der Waals surface area (Å²) in [6, 6.07) is 5.07. The van der Waals surface area contributed by atoms with Crippen LogP contribution in [-0.4, -0.2) is 23.1 Å². The van der Waals surface area contributed by atoms with Crippen molar-refractivity contribution in [1.82, 2.24) is 4.98 Å². The van der Waals surface area contributed by atoms with Crippen LogP contribution >= 0.6 is 11.3 Å². The summed E-state index contributed by atoms with van der Waals surface area (Å²) in [6.07, 6.45) is 0.322. The Bertz CT molecular complexity index is 683. The first kappa shape index (κ1) is 12.7. The van der Waals surface area contributed by atoms with Gasteiger partial charge in [-0.2, -0.15) is 0 Å². The van der Waals surface area contributed by atoms with Crippen molar-refractivity contribution in [3.05, 3.63) is 28.6 Å². The lowest BCUT2D eigenvalue weighted by molar-refractivity contribution is -0.116. The maximum Gasteiger partial charge on any atom is 0.226 e. The highest BCUT2D eigenvalue weighted by molar-refractivity contribution is 7.16. The van der Waals surface area contributed by atoms with Crippen molar-refractivity contribution in [3.63, 3.8) is 0 Å². The van der Waals surface area contributed by atoms with Crippen molar-refractivity contribution in [2.45, 2.75) is 12.3 Å². The number of benzene rings is 1. The minimum Gasteiger partial charge on any atom is -0.504 e. The molecule has 1 aromatic carbocycles. The van der Waals surface area contributed by atoms with Gasteiger partial charge in [0, 0.05) is 12.3 Å². The summed E-state index contributed by atoms with van der Waals surface area (Å²) in [6.45, 7) is 0. The predicted molar refractivity (Wildman–Crippen MR) is 76.3 cm³/mol. The second-order valence-corrected chi connectivity index (χ2v) is 5.56. The Kier molecular flexibility index (Phi) is 2.98. The van der Waals surface area contributed by atoms with Crippen molar-refractivity contribution in [1.29, 1.82) is 0 Å². The largest absolute Gasteiger partial charge is 0.504 e. The summed E-state index contributed by atoms with van der Waals surface area (Å²) < 4.78 is 5.11. The molecule has 104 valence electrons. The zero-order chi connectivity index (χ0) is 14.3. The highest BCUT2D eigenvalue weighted by Gasteiger charge is 2.30. The van der Waals surface area contributed by atoms with Crippen molar-refractivity contribution in [2.75, 3.05) is 18.2 Å². The average molecular weight is 291 g/mol. The maximum atomic E-state index is 11.8. The van der Waals surface area contributed by atoms with Gasteiger partial charge in [-0.25, -0.2) is 4.98 Å². The molecule has 0 spiro atoms. The minimum absolute atomic E-state index is 0.0700. The van der Waals surface area contributed by atoms with Crippen molar-refractivity contribution >= 4 is 28.2 Å². The molecule has 2 aromatic rings. The van der Waals surface area contributed by atoms with Gasteiger partial charge in [-0.1, -0.05) is 17.4 Å². The van der Waals surface area contributed by atoms with Gasteiger partial charge in [0.05, 0.1) is 12.0 Å². The van der Waals surface area contributed by atoms with Gasteiger partial charge in [0.25, 0.3) is 0 Å². The molecule has 2 heterocycles. The minimum atomic E-state index is -0.122. The second-order valence-electron chi connectivity index (χ2n) is 4.50. The molecule has 1 atom stereocenters. The van der Waals surface area contributed by atoms with E-state index in [1.807, 2.05) is 0 Å². The number of carbonyl (C=O) groups is 1. The number of phenols is 1. The van der Waals surface area contributed by atoms with Gasteiger partial charge in [-0.05, 0) is 17.7 Å². The smallest absolute Gasteiger partial charge is 0.226 e. The summed E-state index contributed by atoms with van der Waals surface area (Å²) in [5, 5.41) is 12.8. The Hall–Kier alpha value is -2.28. The molecule has 0 radical (unpaired) electrons. The van der Waals surface area contributed by atoms with Crippen LogP contribution in [0.3, 0.4) is 0 Å². The van der Waals surface area contributed by atoms with E-state index in [1.54, 1.807) is 18.2 Å². The van der Waals surface area contributed by atoms with Crippen molar-refractivity contribution in [2.24, 2.45) is 0 Å². The molecule has 3 rings (SSSR count). The van der Waals surface area contributed by atoms with Crippen LogP contribution in [0.25, 0.3) is 0 Å². The molecule has 6 nitrogen and oxygen atoms in total. The number of nitrogen functional groups attached to an aromatic ring is 1. The Morgan fingerprint density at radius 3 is 3.10 bits per heavy atom. The first-order valence-corrected chi connectivity index (χ1v) is 6.83. The lowest BCUT2D eigenvalue weighted by Gasteiger charge is -2.22. The summed E-state index contributed by atoms with van der Waals surface area (Å²) in [4.78, 5) is 16.8. The van der Waals surface area contributed by atoms with E-state index in [2.05, 4.69) is 10.3 Å². The third-order valence-corrected chi connectivity index (χ3v) is 4.24. The number of nitrogens with one attached hydrogen (secondary N) is 1. The quantitative estimate of drug-likeness (QED) is 0.785. The number of aromatic hydroxyl groups is 1. The van der Waals surface area contributed by atoms with Gasteiger partial charge in [-0.3, -0.25) is 4.79 Å². The fourth-order valence-corrected chi connectivity index (χ4v) is 3.23. The number of nitrogens with zero attached hydrogens (tertiary/aromatic N) is 1. The van der Waals surface area contributed by atoms with E-state index in [0.717, 1.165) is 10.4 Å². The van der Waals surface area contributed by atoms with E-state index in [9.17, 15) is 9.90 Å². The Balaban J connectivity index is 2.07. The van der Waals surface area contributed by atoms with Gasteiger partial charge < -0.3 is 20.9 Å². The molecular weight excluding hydrogens is 278 g/mol. The third-order valence-electron chi connectivity index (χ3n) is 3.24. The average Bonchev–Trinajstić information content (AvgIpc) is 2.78. The summed E-state index contributed by atoms with van der Waals surface area (Å²) >= 11 is 1.36. The number of rotatable bonds is 2. The van der Waals surface area contributed by atoms with Crippen LogP contribution in [0.5, 0.6) is 11.5 Å². The molecule has 1 aromatic heterocycles. The SMILES string of the molecule is COc1cc(C2CC(=O)Nc3nc(N)sc32)ccc1O. The molecule has 1 aliphatic heterocycles. The molecular formula is C13H13N3O3S. The van der Waals surface area contributed by atoms with Crippen LogP contribution in [0.2, 0.25) is 0 Å². The highest BCUT2D eigenvalue weighted by atomic mass is 32.1. The number of fused-ring (bicyclic) bond motifs is 1. The van der Waals surface area contributed by atoms with Gasteiger partial charge in [0.2, 0.25) is 5.91 Å². The normalized spacial score (nSPS) is 17.4. The first-order chi connectivity index (χ1) is 9.58. The van der Waals surface area contributed by atoms with Crippen LogP contribution in [0.15, 0.2) is 18.2 Å². The fourth-order valence-electron chi connectivity index (χ4n) is 2.32. The number of phenolic OH excluding ortho intramolecular Hbond substituents is 1. The van der Waals surface area contributed by atoms with Gasteiger partial charge in [-0.15, -0.1) is 0 Å². The molecule has 0 fully saturated rings. The van der Waals surface area contributed by atoms with Crippen LogP contribution in [-0.2, 0) is 4.79 Å². The molecule has 0 bridgehead atoms. The first-order valence-electron chi connectivity index (χ1n) is 6.01. The van der Waals surface area contributed by atoms with Gasteiger partial charge >= 0.3 is 0 Å². The van der Waals surface area contributed by atoms with Crippen LogP contribution in [0, 0.1) is 0 Å². The number of aromatic nitrogens is 1. The fraction of sp³-hybridized carbons (Fsp3) is 0.231. The summed E-state index contributed by atoms with van der Waals surface area (Å²) in [5.41, 5.74) is 6.60. The standard InChI is InChI=1S/C13H13N3O3S/c1-19-9-4-6(2-3-8(9)17)7-5-10(18)15-12-11(7)20-13(14)16-12/h2-4,7,17H,5H2,1H3,(H2,14,16)(H,15,18). The highest BCUT2D eigenvalue weighted by Crippen LogP contribution is 2.43. The van der Waals surface area contributed by atoms with E-state index in [1.165, 1.54) is 18.4 Å². The number of hydrogen-bond donors (Lipinski definition) is 3. The van der Waals surface area contributed by atoms with E-state index < -0.39 is 0 Å². The molecule has 1 amide bonds. The zero-order valence-corrected chi connectivity index (χ0v) is 11.5. The van der Waals surface area contributed by atoms with Crippen molar-refractivity contribution in [3.8, 4) is 11.5 Å². The van der Waals surface area contributed by atoms with E-state index in [4.69, 9.17) is 10.5 Å². The predicted octanol–water partition coefficient (Wildman–Crippen LogP) is 1.91. The van der Waals surface area contributed by atoms with E-state index in [0.29, 0.717) is 23.1 Å². The molecule has 0 saturated heterocycles. The van der Waals surface area contributed by atoms with Gasteiger partial charge in [0.1, 0.15) is 5.82 Å². The van der Waals surface area contributed by atoms with Crippen LogP contribution in [0.4, 0.5) is 10.9 Å². The number of amides is 1. The van der Waals surface area contributed by atoms with Gasteiger partial charge in [0.15, 0.2) is 16.6 Å². The van der Waals surface area contributed by atoms with Crippen LogP contribution < -0.4 is 15.8 Å². The van der Waals surface area contributed by atoms with Crippen molar-refractivity contribution < 1.29 is 14.6 Å². The molecule has 0 saturated carbocycles. The summed E-state index contributed by atoms with van der Waals surface area (Å²) in [5.74, 6) is 0.761. The molecule has 7 heteroatoms. The topological polar surface area (TPSA) is 97.5 Å². The number of nitrogens with two attached hydrogens (primary N) is 1. The lowest BCUT2D eigenvalue weighted by atomic mass is 9.91. The molecule has 0 aliphatic carbocycles. The number of methoxy groups -OCH3 is 1. The molecule has 1 unspecified atom stereocenters. The Morgan fingerprint density at radius 1 is 1.55 bits per heavy atom. The number of carbonyl (C=O) groups excluding carboxylic acids is 1. The van der Waals surface area contributed by atoms with Crippen LogP contribution in [0.1, 0.15) is 22.8 Å². The third kappa shape index (κ3) is 2.05. The maximum absolute atomic E-state index is 11.8. The van der Waals surface area contributed by atoms with E-state index in [-0.39, 0.29) is 17.6 Å². The summed E-state index contributed by atoms with van der Waals surface area (Å²) in [7, 11) is 1.49. The monoisotopic (exact) mass is 291 g/mol. The Labute approximate surface area is 119 Å². The molecule has 4 N–H and O–H groups in total. The Morgan fingerprint density at radius 2 is 2.35 bits per heavy atom. The molecule has 1 aliphatic rings. The number of hydrogen-bond acceptors (Lipinski definition) is 6. The second kappa shape index (κ2) is 4.68. The number of anilines is 2. The zero-order valence-electron chi connectivity index (χ0n) is 10.7.